The lowest BCUT2D eigenvalue weighted by atomic mass is 9.90. The predicted octanol–water partition coefficient (Wildman–Crippen LogP) is 1.89. The van der Waals surface area contributed by atoms with Crippen LogP contribution in [0.3, 0.4) is 0 Å². The van der Waals surface area contributed by atoms with Gasteiger partial charge in [-0.25, -0.2) is 0 Å². The number of hydrogen-bond acceptors (Lipinski definition) is 3. The van der Waals surface area contributed by atoms with Gasteiger partial charge in [-0.3, -0.25) is 9.59 Å². The van der Waals surface area contributed by atoms with E-state index in [4.69, 9.17) is 5.21 Å². The minimum atomic E-state index is -0.0695. The van der Waals surface area contributed by atoms with Gasteiger partial charge in [-0.2, -0.15) is 0 Å². The van der Waals surface area contributed by atoms with E-state index >= 15 is 0 Å². The largest absolute Gasteiger partial charge is 1.00 e. The molecule has 1 aliphatic carbocycles. The molecule has 0 bridgehead atoms. The van der Waals surface area contributed by atoms with Crippen molar-refractivity contribution in [3.63, 3.8) is 0 Å². The van der Waals surface area contributed by atoms with E-state index in [2.05, 4.69) is 13.8 Å². The minimum absolute atomic E-state index is 0. The number of unbranched alkanes of at least 4 members (excludes halogenated alkanes) is 8. The van der Waals surface area contributed by atoms with Crippen LogP contribution < -0.4 is 17.1 Å². The second-order valence-electron chi connectivity index (χ2n) is 8.07. The molecule has 5 nitrogen and oxygen atoms in total. The summed E-state index contributed by atoms with van der Waals surface area (Å²) in [6.07, 6.45) is 11.5. The van der Waals surface area contributed by atoms with Gasteiger partial charge in [-0.1, -0.05) is 76.6 Å². The van der Waals surface area contributed by atoms with Crippen molar-refractivity contribution >= 4 is 11.6 Å². The maximum atomic E-state index is 13.2. The first-order chi connectivity index (χ1) is 14.2. The third-order valence-corrected chi connectivity index (χ3v) is 5.75. The van der Waals surface area contributed by atoms with Gasteiger partial charge in [0.15, 0.2) is 0 Å². The lowest BCUT2D eigenvalue weighted by molar-refractivity contribution is -0.757. The first kappa shape index (κ1) is 24.3. The summed E-state index contributed by atoms with van der Waals surface area (Å²) in [5, 5.41) is 4.70. The standard InChI is InChI=1S/C24H34N3O2.ClH/c1-3-5-7-9-10-14-18-27-22-21(26(25-27)17-13-8-6-4-2)23(28)19-15-11-12-16-20(19)24(22)29;/h11-12,15-16H,3-10,13-14,17-18H2,1-2H3;1H/q+1;/p-1. The van der Waals surface area contributed by atoms with Crippen LogP contribution in [0, 0.1) is 0 Å². The average molecular weight is 432 g/mol. The molecule has 0 radical (unpaired) electrons. The lowest BCUT2D eigenvalue weighted by Crippen LogP contribution is -3.00. The number of ketones is 2. The molecule has 0 saturated carbocycles. The summed E-state index contributed by atoms with van der Waals surface area (Å²) < 4.78 is 3.59. The van der Waals surface area contributed by atoms with Gasteiger partial charge >= 0.3 is 0 Å². The van der Waals surface area contributed by atoms with E-state index in [0.29, 0.717) is 35.6 Å². The van der Waals surface area contributed by atoms with Gasteiger partial charge in [0.1, 0.15) is 13.1 Å². The van der Waals surface area contributed by atoms with E-state index in [-0.39, 0.29) is 24.0 Å². The molecule has 0 saturated heterocycles. The first-order valence-corrected chi connectivity index (χ1v) is 11.4. The van der Waals surface area contributed by atoms with Gasteiger partial charge in [-0.05, 0) is 25.7 Å². The van der Waals surface area contributed by atoms with Crippen molar-refractivity contribution in [2.24, 2.45) is 0 Å². The maximum absolute atomic E-state index is 13.2. The van der Waals surface area contributed by atoms with Gasteiger partial charge in [0.05, 0.1) is 5.21 Å². The lowest BCUT2D eigenvalue weighted by Gasteiger charge is -2.11. The Balaban J connectivity index is 0.00000320. The molecule has 164 valence electrons. The number of rotatable bonds is 12. The van der Waals surface area contributed by atoms with Crippen molar-refractivity contribution in [3.8, 4) is 0 Å². The monoisotopic (exact) mass is 431 g/mol. The first-order valence-electron chi connectivity index (χ1n) is 11.4. The number of benzene rings is 1. The zero-order valence-electron chi connectivity index (χ0n) is 18.3. The number of carbonyl (C=O) groups is 2. The van der Waals surface area contributed by atoms with Crippen molar-refractivity contribution in [3.05, 3.63) is 46.8 Å². The molecule has 1 heterocycles. The second kappa shape index (κ2) is 12.0. The molecule has 0 N–H and O–H groups in total. The topological polar surface area (TPSA) is 55.8 Å². The molecule has 0 spiro atoms. The van der Waals surface area contributed by atoms with Gasteiger partial charge in [0.25, 0.3) is 0 Å². The summed E-state index contributed by atoms with van der Waals surface area (Å²) >= 11 is 0. The second-order valence-corrected chi connectivity index (χ2v) is 8.07. The van der Waals surface area contributed by atoms with Crippen LogP contribution in [0.15, 0.2) is 24.3 Å². The summed E-state index contributed by atoms with van der Waals surface area (Å²) in [5.74, 6) is -0.138. The van der Waals surface area contributed by atoms with Crippen molar-refractivity contribution in [1.82, 2.24) is 9.90 Å². The Kier molecular flexibility index (Phi) is 9.70. The van der Waals surface area contributed by atoms with Crippen LogP contribution >= 0.6 is 0 Å². The number of hydrogen-bond donors (Lipinski definition) is 0. The SMILES string of the molecule is CCCCCCCC[n+]1nn(CCCCCC)c2c1C(=O)c1ccccc1C2=O.[Cl-]. The van der Waals surface area contributed by atoms with Crippen LogP contribution in [0.1, 0.15) is 110 Å². The highest BCUT2D eigenvalue weighted by Gasteiger charge is 2.42. The Hall–Kier alpha value is -2.01. The number of aromatic nitrogens is 3. The summed E-state index contributed by atoms with van der Waals surface area (Å²) in [6.45, 7) is 5.78. The van der Waals surface area contributed by atoms with Crippen LogP contribution in [0.2, 0.25) is 0 Å². The molecule has 6 heteroatoms. The highest BCUT2D eigenvalue weighted by molar-refractivity contribution is 6.26. The Morgan fingerprint density at radius 3 is 2.03 bits per heavy atom. The van der Waals surface area contributed by atoms with Crippen molar-refractivity contribution in [2.45, 2.75) is 91.1 Å². The van der Waals surface area contributed by atoms with Gasteiger partial charge in [-0.15, -0.1) is 9.36 Å². The molecule has 0 unspecified atom stereocenters. The van der Waals surface area contributed by atoms with Crippen molar-refractivity contribution < 1.29 is 26.7 Å². The van der Waals surface area contributed by atoms with E-state index in [1.807, 2.05) is 12.1 Å². The Morgan fingerprint density at radius 2 is 1.37 bits per heavy atom. The molecule has 0 amide bonds. The zero-order valence-corrected chi connectivity index (χ0v) is 19.1. The maximum Gasteiger partial charge on any atom is 0.249 e. The number of aryl methyl sites for hydroxylation is 2. The number of halogens is 1. The van der Waals surface area contributed by atoms with E-state index in [9.17, 15) is 9.59 Å². The molecule has 3 rings (SSSR count). The van der Waals surface area contributed by atoms with E-state index < -0.39 is 0 Å². The summed E-state index contributed by atoms with van der Waals surface area (Å²) in [7, 11) is 0. The third-order valence-electron chi connectivity index (χ3n) is 5.75. The molecule has 1 aromatic carbocycles. The fraction of sp³-hybridized carbons (Fsp3) is 0.583. The highest BCUT2D eigenvalue weighted by atomic mass is 35.5. The number of fused-ring (bicyclic) bond motifs is 2. The predicted molar refractivity (Wildman–Crippen MR) is 113 cm³/mol. The van der Waals surface area contributed by atoms with E-state index in [1.165, 1.54) is 38.5 Å². The third kappa shape index (κ3) is 5.37. The molecule has 1 aromatic heterocycles. The summed E-state index contributed by atoms with van der Waals surface area (Å²) in [5.41, 5.74) is 1.98. The highest BCUT2D eigenvalue weighted by Crippen LogP contribution is 2.25. The van der Waals surface area contributed by atoms with E-state index in [0.717, 1.165) is 25.7 Å². The summed E-state index contributed by atoms with van der Waals surface area (Å²) in [6, 6.07) is 7.15. The molecule has 0 aliphatic heterocycles. The molecule has 1 aliphatic rings. The normalized spacial score (nSPS) is 12.5. The van der Waals surface area contributed by atoms with Crippen LogP contribution in [0.25, 0.3) is 0 Å². The summed E-state index contributed by atoms with van der Waals surface area (Å²) in [4.78, 5) is 26.4. The molecular weight excluding hydrogens is 398 g/mol. The quantitative estimate of drug-likeness (QED) is 0.325. The average Bonchev–Trinajstić information content (AvgIpc) is 3.11. The van der Waals surface area contributed by atoms with Gasteiger partial charge in [0, 0.05) is 11.1 Å². The van der Waals surface area contributed by atoms with Crippen LogP contribution in [-0.2, 0) is 13.1 Å². The fourth-order valence-electron chi connectivity index (χ4n) is 4.09. The van der Waals surface area contributed by atoms with Crippen molar-refractivity contribution in [1.29, 1.82) is 0 Å². The number of carbonyl (C=O) groups excluding carboxylic acids is 2. The van der Waals surface area contributed by atoms with Gasteiger partial charge in [0.2, 0.25) is 23.0 Å². The molecule has 30 heavy (non-hydrogen) atoms. The van der Waals surface area contributed by atoms with E-state index in [1.54, 1.807) is 21.5 Å². The molecular formula is C24H34ClN3O2. The molecule has 0 atom stereocenters. The molecule has 0 fully saturated rings. The van der Waals surface area contributed by atoms with Gasteiger partial charge < -0.3 is 12.4 Å². The Bertz CT molecular complexity index is 860. The van der Waals surface area contributed by atoms with Crippen LogP contribution in [0.4, 0.5) is 0 Å². The smallest absolute Gasteiger partial charge is 0.249 e. The Morgan fingerprint density at radius 1 is 0.800 bits per heavy atom. The number of nitrogens with zero attached hydrogens (tertiary/aromatic N) is 3. The van der Waals surface area contributed by atoms with Crippen molar-refractivity contribution in [2.75, 3.05) is 0 Å². The minimum Gasteiger partial charge on any atom is -1.00 e. The van der Waals surface area contributed by atoms with Crippen LogP contribution in [0.5, 0.6) is 0 Å². The Labute approximate surface area is 186 Å². The zero-order chi connectivity index (χ0) is 20.6. The van der Waals surface area contributed by atoms with Crippen LogP contribution in [-0.4, -0.2) is 21.5 Å². The fourth-order valence-corrected chi connectivity index (χ4v) is 4.09. The molecule has 2 aromatic rings.